The van der Waals surface area contributed by atoms with Crippen molar-refractivity contribution in [1.29, 1.82) is 0 Å². The van der Waals surface area contributed by atoms with Crippen molar-refractivity contribution in [3.05, 3.63) is 23.8 Å². The second-order valence-corrected chi connectivity index (χ2v) is 4.36. The second kappa shape index (κ2) is 5.27. The lowest BCUT2D eigenvalue weighted by Crippen LogP contribution is -2.41. The fourth-order valence-corrected chi connectivity index (χ4v) is 1.77. The monoisotopic (exact) mass is 250 g/mol. The predicted molar refractivity (Wildman–Crippen MR) is 67.4 cm³/mol. The maximum Gasteiger partial charge on any atom is 0.237 e. The van der Waals surface area contributed by atoms with Gasteiger partial charge in [0.2, 0.25) is 12.7 Å². The van der Waals surface area contributed by atoms with E-state index in [9.17, 15) is 4.79 Å². The van der Waals surface area contributed by atoms with Gasteiger partial charge in [-0.25, -0.2) is 0 Å². The van der Waals surface area contributed by atoms with E-state index in [-0.39, 0.29) is 18.7 Å². The number of rotatable bonds is 4. The lowest BCUT2D eigenvalue weighted by atomic mass is 10.1. The number of hydrogen-bond donors (Lipinski definition) is 2. The molecule has 1 aliphatic heterocycles. The fourth-order valence-electron chi connectivity index (χ4n) is 1.77. The molecule has 0 fully saturated rings. The third-order valence-corrected chi connectivity index (χ3v) is 3.03. The molecule has 0 saturated heterocycles. The summed E-state index contributed by atoms with van der Waals surface area (Å²) >= 11 is 0. The summed E-state index contributed by atoms with van der Waals surface area (Å²) in [7, 11) is 0. The molecule has 0 saturated carbocycles. The first-order valence-electron chi connectivity index (χ1n) is 6.07. The summed E-state index contributed by atoms with van der Waals surface area (Å²) in [5.74, 6) is 1.32. The van der Waals surface area contributed by atoms with Crippen LogP contribution in [0.5, 0.6) is 11.5 Å². The lowest BCUT2D eigenvalue weighted by molar-refractivity contribution is -0.123. The molecule has 2 rings (SSSR count). The lowest BCUT2D eigenvalue weighted by Gasteiger charge is -2.17. The van der Waals surface area contributed by atoms with Gasteiger partial charge in [-0.1, -0.05) is 13.0 Å². The third-order valence-electron chi connectivity index (χ3n) is 3.03. The van der Waals surface area contributed by atoms with Gasteiger partial charge in [0.25, 0.3) is 0 Å². The number of amides is 1. The van der Waals surface area contributed by atoms with Crippen LogP contribution >= 0.6 is 0 Å². The molecule has 0 aliphatic carbocycles. The number of benzene rings is 1. The number of nitrogens with two attached hydrogens (primary N) is 1. The fraction of sp³-hybridized carbons (Fsp3) is 0.462. The van der Waals surface area contributed by atoms with Crippen LogP contribution in [0.1, 0.15) is 31.9 Å². The molecular formula is C13H18N2O3. The van der Waals surface area contributed by atoms with Crippen molar-refractivity contribution in [1.82, 2.24) is 5.32 Å². The zero-order valence-corrected chi connectivity index (χ0v) is 10.6. The van der Waals surface area contributed by atoms with Crippen LogP contribution in [0.2, 0.25) is 0 Å². The zero-order chi connectivity index (χ0) is 13.1. The molecule has 0 radical (unpaired) electrons. The first-order valence-corrected chi connectivity index (χ1v) is 6.07. The highest BCUT2D eigenvalue weighted by atomic mass is 16.7. The third kappa shape index (κ3) is 2.56. The molecular weight excluding hydrogens is 232 g/mol. The van der Waals surface area contributed by atoms with Gasteiger partial charge in [-0.05, 0) is 31.0 Å². The van der Waals surface area contributed by atoms with Crippen LogP contribution in [0, 0.1) is 0 Å². The minimum absolute atomic E-state index is 0.107. The molecule has 18 heavy (non-hydrogen) atoms. The Kier molecular flexibility index (Phi) is 3.72. The van der Waals surface area contributed by atoms with Crippen molar-refractivity contribution in [2.45, 2.75) is 32.4 Å². The van der Waals surface area contributed by atoms with Crippen molar-refractivity contribution in [3.63, 3.8) is 0 Å². The molecule has 0 bridgehead atoms. The van der Waals surface area contributed by atoms with Gasteiger partial charge in [-0.15, -0.1) is 0 Å². The van der Waals surface area contributed by atoms with E-state index in [1.54, 1.807) is 0 Å². The highest BCUT2D eigenvalue weighted by molar-refractivity contribution is 5.81. The Morgan fingerprint density at radius 3 is 2.89 bits per heavy atom. The summed E-state index contributed by atoms with van der Waals surface area (Å²) in [5.41, 5.74) is 6.64. The Bertz CT molecular complexity index is 448. The van der Waals surface area contributed by atoms with E-state index >= 15 is 0 Å². The Balaban J connectivity index is 2.05. The van der Waals surface area contributed by atoms with E-state index in [1.807, 2.05) is 32.0 Å². The van der Waals surface area contributed by atoms with E-state index in [1.165, 1.54) is 0 Å². The van der Waals surface area contributed by atoms with Crippen molar-refractivity contribution in [2.75, 3.05) is 6.79 Å². The van der Waals surface area contributed by atoms with Crippen LogP contribution in [-0.2, 0) is 4.79 Å². The summed E-state index contributed by atoms with van der Waals surface area (Å²) < 4.78 is 10.5. The average molecular weight is 250 g/mol. The van der Waals surface area contributed by atoms with Crippen molar-refractivity contribution in [3.8, 4) is 11.5 Å². The van der Waals surface area contributed by atoms with E-state index in [4.69, 9.17) is 15.2 Å². The first-order chi connectivity index (χ1) is 8.61. The Labute approximate surface area is 106 Å². The number of carbonyl (C=O) groups excluding carboxylic acids is 1. The van der Waals surface area contributed by atoms with E-state index in [0.717, 1.165) is 11.3 Å². The maximum atomic E-state index is 11.7. The summed E-state index contributed by atoms with van der Waals surface area (Å²) in [6, 6.07) is 5.08. The molecule has 1 aliphatic rings. The van der Waals surface area contributed by atoms with Crippen molar-refractivity contribution >= 4 is 5.91 Å². The van der Waals surface area contributed by atoms with Crippen molar-refractivity contribution < 1.29 is 14.3 Å². The second-order valence-electron chi connectivity index (χ2n) is 4.36. The molecule has 1 unspecified atom stereocenters. The first kappa shape index (κ1) is 12.7. The largest absolute Gasteiger partial charge is 0.454 e. The van der Waals surface area contributed by atoms with E-state index in [0.29, 0.717) is 12.2 Å². The predicted octanol–water partition coefficient (Wildman–Crippen LogP) is 1.33. The van der Waals surface area contributed by atoms with Crippen molar-refractivity contribution in [2.24, 2.45) is 5.73 Å². The highest BCUT2D eigenvalue weighted by Crippen LogP contribution is 2.34. The topological polar surface area (TPSA) is 73.6 Å². The van der Waals surface area contributed by atoms with Crippen LogP contribution in [-0.4, -0.2) is 18.7 Å². The molecule has 98 valence electrons. The molecule has 5 nitrogen and oxygen atoms in total. The Morgan fingerprint density at radius 1 is 1.44 bits per heavy atom. The molecule has 5 heteroatoms. The van der Waals surface area contributed by atoms with Gasteiger partial charge in [0.15, 0.2) is 11.5 Å². The van der Waals surface area contributed by atoms with Crippen LogP contribution in [0.4, 0.5) is 0 Å². The van der Waals surface area contributed by atoms with Gasteiger partial charge < -0.3 is 20.5 Å². The number of hydrogen-bond acceptors (Lipinski definition) is 4. The molecule has 1 amide bonds. The summed E-state index contributed by atoms with van der Waals surface area (Å²) in [6.07, 6.45) is 0.625. The van der Waals surface area contributed by atoms with Crippen LogP contribution in [0.15, 0.2) is 18.2 Å². The Morgan fingerprint density at radius 2 is 2.17 bits per heavy atom. The molecule has 1 heterocycles. The minimum atomic E-state index is -0.457. The minimum Gasteiger partial charge on any atom is -0.454 e. The SMILES string of the molecule is CC[C@@H](N)C(=O)NC(C)c1ccc2c(c1)OCO2. The van der Waals surface area contributed by atoms with Gasteiger partial charge in [0.05, 0.1) is 12.1 Å². The average Bonchev–Trinajstić information content (AvgIpc) is 2.84. The van der Waals surface area contributed by atoms with E-state index in [2.05, 4.69) is 5.32 Å². The van der Waals surface area contributed by atoms with Gasteiger partial charge in [-0.2, -0.15) is 0 Å². The summed E-state index contributed by atoms with van der Waals surface area (Å²) in [4.78, 5) is 11.7. The molecule has 0 spiro atoms. The Hall–Kier alpha value is -1.75. The number of carbonyl (C=O) groups is 1. The van der Waals surface area contributed by atoms with Gasteiger partial charge in [0, 0.05) is 0 Å². The standard InChI is InChI=1S/C13H18N2O3/c1-3-10(14)13(16)15-8(2)9-4-5-11-12(6-9)18-7-17-11/h4-6,8,10H,3,7,14H2,1-2H3,(H,15,16)/t8?,10-/m1/s1. The molecule has 2 atom stereocenters. The summed E-state index contributed by atoms with van der Waals surface area (Å²) in [6.45, 7) is 4.05. The van der Waals surface area contributed by atoms with Crippen LogP contribution in [0.3, 0.4) is 0 Å². The molecule has 1 aromatic rings. The smallest absolute Gasteiger partial charge is 0.237 e. The molecule has 1 aromatic carbocycles. The number of fused-ring (bicyclic) bond motifs is 1. The van der Waals surface area contributed by atoms with Crippen LogP contribution < -0.4 is 20.5 Å². The van der Waals surface area contributed by atoms with Crippen LogP contribution in [0.25, 0.3) is 0 Å². The highest BCUT2D eigenvalue weighted by Gasteiger charge is 2.18. The molecule has 3 N–H and O–H groups in total. The quantitative estimate of drug-likeness (QED) is 0.845. The summed E-state index contributed by atoms with van der Waals surface area (Å²) in [5, 5.41) is 2.88. The maximum absolute atomic E-state index is 11.7. The molecule has 0 aromatic heterocycles. The zero-order valence-electron chi connectivity index (χ0n) is 10.6. The van der Waals surface area contributed by atoms with Gasteiger partial charge in [0.1, 0.15) is 0 Å². The number of nitrogens with one attached hydrogen (secondary N) is 1. The van der Waals surface area contributed by atoms with E-state index < -0.39 is 6.04 Å². The van der Waals surface area contributed by atoms with Gasteiger partial charge in [-0.3, -0.25) is 4.79 Å². The van der Waals surface area contributed by atoms with Gasteiger partial charge >= 0.3 is 0 Å². The number of ether oxygens (including phenoxy) is 2. The normalized spacial score (nSPS) is 16.2.